The van der Waals surface area contributed by atoms with E-state index in [4.69, 9.17) is 4.18 Å². The highest BCUT2D eigenvalue weighted by Crippen LogP contribution is 2.19. The standard InChI is InChI=1S/C14H12O2S/c1-17-16-14(15)13-9-7-12(8-10-13)11-5-3-2-4-6-11/h2-10H,1H3. The van der Waals surface area contributed by atoms with E-state index in [9.17, 15) is 4.79 Å². The molecule has 3 heteroatoms. The Balaban J connectivity index is 2.22. The smallest absolute Gasteiger partial charge is 0.350 e. The van der Waals surface area contributed by atoms with Gasteiger partial charge >= 0.3 is 5.97 Å². The normalized spacial score (nSPS) is 9.94. The Morgan fingerprint density at radius 3 is 2.12 bits per heavy atom. The zero-order chi connectivity index (χ0) is 12.1. The Morgan fingerprint density at radius 1 is 0.941 bits per heavy atom. The average molecular weight is 244 g/mol. The van der Waals surface area contributed by atoms with E-state index in [0.29, 0.717) is 5.56 Å². The molecule has 86 valence electrons. The first kappa shape index (κ1) is 11.7. The maximum absolute atomic E-state index is 11.4. The first-order chi connectivity index (χ1) is 8.31. The molecule has 0 atom stereocenters. The number of hydrogen-bond donors (Lipinski definition) is 0. The van der Waals surface area contributed by atoms with E-state index >= 15 is 0 Å². The summed E-state index contributed by atoms with van der Waals surface area (Å²) in [5.74, 6) is -0.308. The zero-order valence-electron chi connectivity index (χ0n) is 9.42. The molecule has 0 saturated heterocycles. The predicted octanol–water partition coefficient (Wildman–Crippen LogP) is 3.79. The van der Waals surface area contributed by atoms with Gasteiger partial charge in [0.15, 0.2) is 0 Å². The second-order valence-corrected chi connectivity index (χ2v) is 3.98. The lowest BCUT2D eigenvalue weighted by Crippen LogP contribution is -1.98. The van der Waals surface area contributed by atoms with Gasteiger partial charge in [0.1, 0.15) is 0 Å². The Hall–Kier alpha value is -1.74. The number of carbonyl (C=O) groups is 1. The molecular weight excluding hydrogens is 232 g/mol. The van der Waals surface area contributed by atoms with Crippen molar-refractivity contribution < 1.29 is 8.98 Å². The summed E-state index contributed by atoms with van der Waals surface area (Å²) in [6.07, 6.45) is 1.72. The van der Waals surface area contributed by atoms with E-state index in [1.807, 2.05) is 42.5 Å². The maximum atomic E-state index is 11.4. The quantitative estimate of drug-likeness (QED) is 0.768. The molecule has 0 fully saturated rings. The summed E-state index contributed by atoms with van der Waals surface area (Å²) < 4.78 is 4.85. The molecule has 0 aliphatic heterocycles. The molecule has 2 nitrogen and oxygen atoms in total. The molecule has 17 heavy (non-hydrogen) atoms. The van der Waals surface area contributed by atoms with E-state index in [1.54, 1.807) is 18.4 Å². The van der Waals surface area contributed by atoms with Gasteiger partial charge in [0.05, 0.1) is 17.6 Å². The minimum atomic E-state index is -0.308. The Bertz CT molecular complexity index is 491. The molecule has 0 radical (unpaired) electrons. The third-order valence-corrected chi connectivity index (χ3v) is 2.70. The summed E-state index contributed by atoms with van der Waals surface area (Å²) in [5, 5.41) is 0. The van der Waals surface area contributed by atoms with Crippen molar-refractivity contribution in [2.45, 2.75) is 0 Å². The molecule has 0 heterocycles. The van der Waals surface area contributed by atoms with E-state index in [-0.39, 0.29) is 5.97 Å². The molecule has 0 spiro atoms. The summed E-state index contributed by atoms with van der Waals surface area (Å²) >= 11 is 1.06. The van der Waals surface area contributed by atoms with Crippen LogP contribution in [0.5, 0.6) is 0 Å². The highest BCUT2D eigenvalue weighted by atomic mass is 32.2. The van der Waals surface area contributed by atoms with Crippen LogP contribution >= 0.6 is 12.0 Å². The lowest BCUT2D eigenvalue weighted by atomic mass is 10.0. The third kappa shape index (κ3) is 2.88. The van der Waals surface area contributed by atoms with Crippen LogP contribution in [0.1, 0.15) is 10.4 Å². The van der Waals surface area contributed by atoms with Gasteiger partial charge in [0.2, 0.25) is 0 Å². The topological polar surface area (TPSA) is 26.3 Å². The fraction of sp³-hybridized carbons (Fsp3) is 0.0714. The van der Waals surface area contributed by atoms with Crippen LogP contribution in [-0.2, 0) is 4.18 Å². The number of rotatable bonds is 3. The molecule has 2 rings (SSSR count). The lowest BCUT2D eigenvalue weighted by molar-refractivity contribution is 0.0769. The zero-order valence-corrected chi connectivity index (χ0v) is 10.2. The maximum Gasteiger partial charge on any atom is 0.350 e. The van der Waals surface area contributed by atoms with Gasteiger partial charge in [-0.3, -0.25) is 0 Å². The first-order valence-corrected chi connectivity index (χ1v) is 6.37. The SMILES string of the molecule is CSOC(=O)c1ccc(-c2ccccc2)cc1. The van der Waals surface area contributed by atoms with Crippen LogP contribution in [0.15, 0.2) is 54.6 Å². The summed E-state index contributed by atoms with van der Waals surface area (Å²) in [6.45, 7) is 0. The van der Waals surface area contributed by atoms with Gasteiger partial charge < -0.3 is 4.18 Å². The molecule has 0 aromatic heterocycles. The van der Waals surface area contributed by atoms with E-state index in [1.165, 1.54) is 0 Å². The van der Waals surface area contributed by atoms with Crippen LogP contribution in [0.4, 0.5) is 0 Å². The van der Waals surface area contributed by atoms with Crippen LogP contribution < -0.4 is 0 Å². The predicted molar refractivity (Wildman–Crippen MR) is 70.8 cm³/mol. The molecule has 0 N–H and O–H groups in total. The minimum Gasteiger partial charge on any atom is -0.388 e. The van der Waals surface area contributed by atoms with Crippen LogP contribution in [-0.4, -0.2) is 12.2 Å². The van der Waals surface area contributed by atoms with E-state index in [0.717, 1.165) is 23.2 Å². The molecule has 0 aliphatic carbocycles. The summed E-state index contributed by atoms with van der Waals surface area (Å²) in [5.41, 5.74) is 2.79. The summed E-state index contributed by atoms with van der Waals surface area (Å²) in [7, 11) is 0. The van der Waals surface area contributed by atoms with Crippen LogP contribution in [0.2, 0.25) is 0 Å². The molecule has 0 unspecified atom stereocenters. The second-order valence-electron chi connectivity index (χ2n) is 3.48. The van der Waals surface area contributed by atoms with Crippen LogP contribution in [0.3, 0.4) is 0 Å². The van der Waals surface area contributed by atoms with Gasteiger partial charge in [-0.1, -0.05) is 42.5 Å². The average Bonchev–Trinajstić information content (AvgIpc) is 2.40. The molecule has 0 saturated carbocycles. The third-order valence-electron chi connectivity index (χ3n) is 2.39. The van der Waals surface area contributed by atoms with Crippen molar-refractivity contribution in [1.29, 1.82) is 0 Å². The molecule has 2 aromatic carbocycles. The Morgan fingerprint density at radius 2 is 1.53 bits per heavy atom. The monoisotopic (exact) mass is 244 g/mol. The molecule has 0 bridgehead atoms. The highest BCUT2D eigenvalue weighted by Gasteiger charge is 2.06. The van der Waals surface area contributed by atoms with Crippen molar-refractivity contribution >= 4 is 18.0 Å². The number of carbonyl (C=O) groups excluding carboxylic acids is 1. The molecular formula is C14H12O2S. The highest BCUT2D eigenvalue weighted by molar-refractivity contribution is 7.94. The van der Waals surface area contributed by atoms with Crippen molar-refractivity contribution in [1.82, 2.24) is 0 Å². The number of hydrogen-bond acceptors (Lipinski definition) is 3. The minimum absolute atomic E-state index is 0.308. The second kappa shape index (κ2) is 5.55. The van der Waals surface area contributed by atoms with Gasteiger partial charge in [-0.2, -0.15) is 0 Å². The Labute approximate surface area is 105 Å². The van der Waals surface area contributed by atoms with Crippen molar-refractivity contribution in [2.75, 3.05) is 6.26 Å². The fourth-order valence-electron chi connectivity index (χ4n) is 1.55. The van der Waals surface area contributed by atoms with E-state index in [2.05, 4.69) is 0 Å². The molecule has 0 amide bonds. The summed E-state index contributed by atoms with van der Waals surface area (Å²) in [6, 6.07) is 17.4. The van der Waals surface area contributed by atoms with Crippen molar-refractivity contribution in [3.8, 4) is 11.1 Å². The van der Waals surface area contributed by atoms with Gasteiger partial charge in [-0.25, -0.2) is 4.79 Å². The van der Waals surface area contributed by atoms with Crippen molar-refractivity contribution in [2.24, 2.45) is 0 Å². The largest absolute Gasteiger partial charge is 0.388 e. The van der Waals surface area contributed by atoms with Crippen molar-refractivity contribution in [3.63, 3.8) is 0 Å². The van der Waals surface area contributed by atoms with Crippen LogP contribution in [0, 0.1) is 0 Å². The van der Waals surface area contributed by atoms with E-state index < -0.39 is 0 Å². The summed E-state index contributed by atoms with van der Waals surface area (Å²) in [4.78, 5) is 11.4. The molecule has 0 aliphatic rings. The van der Waals surface area contributed by atoms with Gasteiger partial charge in [-0.05, 0) is 23.3 Å². The Kier molecular flexibility index (Phi) is 3.83. The van der Waals surface area contributed by atoms with Crippen molar-refractivity contribution in [3.05, 3.63) is 60.2 Å². The lowest BCUT2D eigenvalue weighted by Gasteiger charge is -2.03. The van der Waals surface area contributed by atoms with Gasteiger partial charge in [-0.15, -0.1) is 0 Å². The van der Waals surface area contributed by atoms with Crippen LogP contribution in [0.25, 0.3) is 11.1 Å². The number of benzene rings is 2. The van der Waals surface area contributed by atoms with Gasteiger partial charge in [0.25, 0.3) is 0 Å². The fourth-order valence-corrected chi connectivity index (χ4v) is 1.80. The first-order valence-electron chi connectivity index (χ1n) is 5.22. The van der Waals surface area contributed by atoms with Gasteiger partial charge in [0, 0.05) is 6.26 Å². The molecule has 2 aromatic rings.